The summed E-state index contributed by atoms with van der Waals surface area (Å²) in [7, 11) is -3.07. The number of carbonyl (C=O) groups is 1. The van der Waals surface area contributed by atoms with Gasteiger partial charge in [0.05, 0.1) is 11.4 Å². The number of anilines is 2. The fourth-order valence-corrected chi connectivity index (χ4v) is 2.81. The molecule has 0 aromatic heterocycles. The van der Waals surface area contributed by atoms with Crippen molar-refractivity contribution in [2.45, 2.75) is 18.7 Å². The Morgan fingerprint density at radius 3 is 2.35 bits per heavy atom. The highest BCUT2D eigenvalue weighted by molar-refractivity contribution is 7.86. The molecule has 0 saturated carbocycles. The summed E-state index contributed by atoms with van der Waals surface area (Å²) < 4.78 is 31.9. The molecule has 4 N–H and O–H groups in total. The van der Waals surface area contributed by atoms with E-state index in [1.165, 1.54) is 20.0 Å². The highest BCUT2D eigenvalue weighted by Gasteiger charge is 2.26. The Kier molecular flexibility index (Phi) is 3.44. The molecule has 17 heavy (non-hydrogen) atoms. The van der Waals surface area contributed by atoms with Crippen molar-refractivity contribution < 1.29 is 17.8 Å². The van der Waals surface area contributed by atoms with E-state index >= 15 is 0 Å². The first kappa shape index (κ1) is 13.5. The molecule has 0 aliphatic heterocycles. The predicted octanol–water partition coefficient (Wildman–Crippen LogP) is 1.07. The summed E-state index contributed by atoms with van der Waals surface area (Å²) in [5.41, 5.74) is 6.19. The van der Waals surface area contributed by atoms with Gasteiger partial charge in [0.2, 0.25) is 0 Å². The quantitative estimate of drug-likeness (QED) is 0.425. The molecule has 0 heterocycles. The maximum Gasteiger partial charge on any atom is 0.297 e. The Labute approximate surface area is 99.6 Å². The highest BCUT2D eigenvalue weighted by atomic mass is 32.2. The van der Waals surface area contributed by atoms with Crippen LogP contribution in [0.4, 0.5) is 11.4 Å². The number of ketones is 1. The molecule has 0 aliphatic carbocycles. The average Bonchev–Trinajstić information content (AvgIpc) is 2.14. The van der Waals surface area contributed by atoms with Crippen LogP contribution in [-0.2, 0) is 10.1 Å². The molecule has 0 saturated heterocycles. The van der Waals surface area contributed by atoms with Gasteiger partial charge in [0.1, 0.15) is 4.90 Å². The topological polar surface area (TPSA) is 109 Å². The number of nitrogens with two attached hydrogens (primary N) is 1. The second-order valence-corrected chi connectivity index (χ2v) is 5.00. The van der Waals surface area contributed by atoms with Crippen LogP contribution in [0.25, 0.3) is 0 Å². The number of hydrogen-bond donors (Lipinski definition) is 3. The molecule has 0 amide bonds. The minimum atomic E-state index is -4.53. The van der Waals surface area contributed by atoms with Crippen LogP contribution in [0.5, 0.6) is 0 Å². The smallest absolute Gasteiger partial charge is 0.297 e. The number of carbonyl (C=O) groups excluding carboxylic acids is 1. The second kappa shape index (κ2) is 4.34. The fraction of sp³-hybridized carbons (Fsp3) is 0.300. The third-order valence-electron chi connectivity index (χ3n) is 2.37. The molecule has 0 bridgehead atoms. The summed E-state index contributed by atoms with van der Waals surface area (Å²) in [5, 5.41) is 2.58. The number of aryl methyl sites for hydroxylation is 1. The number of rotatable bonds is 3. The van der Waals surface area contributed by atoms with Crippen LogP contribution in [-0.4, -0.2) is 25.8 Å². The van der Waals surface area contributed by atoms with E-state index in [-0.39, 0.29) is 16.9 Å². The van der Waals surface area contributed by atoms with E-state index in [0.717, 1.165) is 0 Å². The number of benzene rings is 1. The average molecular weight is 258 g/mol. The molecule has 6 nitrogen and oxygen atoms in total. The lowest BCUT2D eigenvalue weighted by Gasteiger charge is -2.15. The molecule has 0 unspecified atom stereocenters. The van der Waals surface area contributed by atoms with Gasteiger partial charge in [-0.05, 0) is 25.5 Å². The van der Waals surface area contributed by atoms with Crippen molar-refractivity contribution in [3.63, 3.8) is 0 Å². The molecule has 0 atom stereocenters. The Balaban J connectivity index is 3.90. The van der Waals surface area contributed by atoms with Crippen molar-refractivity contribution in [2.24, 2.45) is 0 Å². The molecule has 7 heteroatoms. The first-order chi connectivity index (χ1) is 7.70. The van der Waals surface area contributed by atoms with Crippen LogP contribution >= 0.6 is 0 Å². The Morgan fingerprint density at radius 2 is 2.00 bits per heavy atom. The van der Waals surface area contributed by atoms with E-state index in [2.05, 4.69) is 5.32 Å². The minimum Gasteiger partial charge on any atom is -0.397 e. The van der Waals surface area contributed by atoms with Crippen molar-refractivity contribution >= 4 is 27.3 Å². The van der Waals surface area contributed by atoms with E-state index < -0.39 is 20.8 Å². The third kappa shape index (κ3) is 2.40. The summed E-state index contributed by atoms with van der Waals surface area (Å²) in [5.74, 6) is -0.452. The largest absolute Gasteiger partial charge is 0.397 e. The van der Waals surface area contributed by atoms with Gasteiger partial charge >= 0.3 is 0 Å². The van der Waals surface area contributed by atoms with Crippen LogP contribution in [0.2, 0.25) is 0 Å². The van der Waals surface area contributed by atoms with Gasteiger partial charge in [-0.15, -0.1) is 0 Å². The van der Waals surface area contributed by atoms with Gasteiger partial charge in [-0.25, -0.2) is 0 Å². The third-order valence-corrected chi connectivity index (χ3v) is 3.29. The summed E-state index contributed by atoms with van der Waals surface area (Å²) in [4.78, 5) is 11.0. The summed E-state index contributed by atoms with van der Waals surface area (Å²) in [6.07, 6.45) is 0. The van der Waals surface area contributed by atoms with E-state index in [1.807, 2.05) is 0 Å². The predicted molar refractivity (Wildman–Crippen MR) is 65.0 cm³/mol. The van der Waals surface area contributed by atoms with E-state index in [1.54, 1.807) is 6.92 Å². The monoisotopic (exact) mass is 258 g/mol. The van der Waals surface area contributed by atoms with Crippen LogP contribution in [0.15, 0.2) is 11.0 Å². The lowest BCUT2D eigenvalue weighted by atomic mass is 10.0. The van der Waals surface area contributed by atoms with Crippen LogP contribution < -0.4 is 11.1 Å². The summed E-state index contributed by atoms with van der Waals surface area (Å²) in [6.45, 7) is 2.79. The van der Waals surface area contributed by atoms with Gasteiger partial charge in [-0.2, -0.15) is 8.42 Å². The Morgan fingerprint density at radius 1 is 1.47 bits per heavy atom. The highest BCUT2D eigenvalue weighted by Crippen LogP contribution is 2.33. The molecule has 0 spiro atoms. The van der Waals surface area contributed by atoms with Crippen LogP contribution in [0.1, 0.15) is 22.8 Å². The molecule has 1 aromatic rings. The zero-order chi connectivity index (χ0) is 13.4. The van der Waals surface area contributed by atoms with Crippen molar-refractivity contribution in [3.8, 4) is 0 Å². The minimum absolute atomic E-state index is 0.0308. The molecule has 0 aliphatic rings. The van der Waals surface area contributed by atoms with E-state index in [4.69, 9.17) is 5.73 Å². The van der Waals surface area contributed by atoms with Crippen LogP contribution in [0.3, 0.4) is 0 Å². The summed E-state index contributed by atoms with van der Waals surface area (Å²) in [6, 6.07) is 1.48. The molecule has 0 radical (unpaired) electrons. The van der Waals surface area contributed by atoms with Gasteiger partial charge in [-0.3, -0.25) is 9.35 Å². The maximum atomic E-state index is 11.5. The van der Waals surface area contributed by atoms with Crippen molar-refractivity contribution in [2.75, 3.05) is 18.1 Å². The Hall–Kier alpha value is -1.60. The molecular formula is C10H14N2O4S. The number of hydrogen-bond acceptors (Lipinski definition) is 5. The molecule has 1 aromatic carbocycles. The van der Waals surface area contributed by atoms with Gasteiger partial charge < -0.3 is 11.1 Å². The first-order valence-corrected chi connectivity index (χ1v) is 6.23. The zero-order valence-electron chi connectivity index (χ0n) is 9.73. The fourth-order valence-electron chi connectivity index (χ4n) is 1.77. The molecule has 1 rings (SSSR count). The zero-order valence-corrected chi connectivity index (χ0v) is 10.6. The molecule has 0 fully saturated rings. The number of Topliss-reactive ketones (excluding diaryl/α,β-unsaturated/α-hetero) is 1. The van der Waals surface area contributed by atoms with Gasteiger partial charge in [0.15, 0.2) is 5.78 Å². The Bertz CT molecular complexity index is 578. The van der Waals surface area contributed by atoms with E-state index in [0.29, 0.717) is 5.56 Å². The standard InChI is InChI=1S/C10H14N2O4S/c1-5-4-7(11)9(12-3)10(17(14,15)16)8(5)6(2)13/h4,12H,11H2,1-3H3,(H,14,15,16). The van der Waals surface area contributed by atoms with Crippen LogP contribution in [0, 0.1) is 6.92 Å². The van der Waals surface area contributed by atoms with Crippen molar-refractivity contribution in [3.05, 3.63) is 17.2 Å². The lowest BCUT2D eigenvalue weighted by Crippen LogP contribution is -2.13. The lowest BCUT2D eigenvalue weighted by molar-refractivity contribution is 0.101. The normalized spacial score (nSPS) is 11.3. The van der Waals surface area contributed by atoms with Crippen molar-refractivity contribution in [1.82, 2.24) is 0 Å². The molecule has 94 valence electrons. The van der Waals surface area contributed by atoms with Crippen molar-refractivity contribution in [1.29, 1.82) is 0 Å². The first-order valence-electron chi connectivity index (χ1n) is 4.79. The summed E-state index contributed by atoms with van der Waals surface area (Å²) >= 11 is 0. The van der Waals surface area contributed by atoms with Gasteiger partial charge in [0, 0.05) is 12.6 Å². The van der Waals surface area contributed by atoms with E-state index in [9.17, 15) is 17.8 Å². The van der Waals surface area contributed by atoms with Gasteiger partial charge in [-0.1, -0.05) is 0 Å². The molecular weight excluding hydrogens is 244 g/mol. The number of nitrogen functional groups attached to an aromatic ring is 1. The SMILES string of the molecule is CNc1c(N)cc(C)c(C(C)=O)c1S(=O)(=O)O. The second-order valence-electron chi connectivity index (χ2n) is 3.64. The number of nitrogens with one attached hydrogen (secondary N) is 1. The maximum absolute atomic E-state index is 11.5. The van der Waals surface area contributed by atoms with Gasteiger partial charge in [0.25, 0.3) is 10.1 Å².